The molecule has 2 aromatic rings. The summed E-state index contributed by atoms with van der Waals surface area (Å²) in [5.74, 6) is 0. The molecule has 0 bridgehead atoms. The average molecular weight is 213 g/mol. The van der Waals surface area contributed by atoms with Crippen molar-refractivity contribution in [3.05, 3.63) is 48.5 Å². The highest BCUT2D eigenvalue weighted by Crippen LogP contribution is 2.21. The molecule has 0 aliphatic heterocycles. The molecule has 3 heteroatoms. The molecule has 0 saturated carbocycles. The fraction of sp³-hybridized carbons (Fsp3) is 0.0769. The van der Waals surface area contributed by atoms with Gasteiger partial charge in [0.25, 0.3) is 0 Å². The van der Waals surface area contributed by atoms with Crippen LogP contribution in [0.4, 0.5) is 22.7 Å². The van der Waals surface area contributed by atoms with E-state index in [2.05, 4.69) is 10.6 Å². The first-order chi connectivity index (χ1) is 7.78. The Bertz CT molecular complexity index is 480. The van der Waals surface area contributed by atoms with E-state index in [-0.39, 0.29) is 0 Å². The number of hydrogen-bond acceptors (Lipinski definition) is 3. The fourth-order valence-electron chi connectivity index (χ4n) is 1.54. The van der Waals surface area contributed by atoms with E-state index in [0.29, 0.717) is 0 Å². The van der Waals surface area contributed by atoms with Gasteiger partial charge in [0.1, 0.15) is 0 Å². The molecule has 0 aliphatic rings. The molecule has 0 fully saturated rings. The first-order valence-electron chi connectivity index (χ1n) is 5.18. The molecule has 0 spiro atoms. The zero-order chi connectivity index (χ0) is 11.4. The smallest absolute Gasteiger partial charge is 0.0404 e. The van der Waals surface area contributed by atoms with Crippen molar-refractivity contribution >= 4 is 22.7 Å². The summed E-state index contributed by atoms with van der Waals surface area (Å²) in [6.07, 6.45) is 0. The average Bonchev–Trinajstić information content (AvgIpc) is 2.29. The highest BCUT2D eigenvalue weighted by molar-refractivity contribution is 5.66. The Morgan fingerprint density at radius 1 is 0.875 bits per heavy atom. The molecular formula is C13H15N3. The van der Waals surface area contributed by atoms with E-state index >= 15 is 0 Å². The summed E-state index contributed by atoms with van der Waals surface area (Å²) < 4.78 is 0. The Balaban J connectivity index is 2.20. The second-order valence-corrected chi connectivity index (χ2v) is 3.58. The lowest BCUT2D eigenvalue weighted by atomic mass is 10.2. The standard InChI is InChI=1S/C13H15N3/c1-15-11-5-3-7-13(9-11)16-12-6-2-4-10(14)8-12/h2-9,15-16H,14H2,1H3. The van der Waals surface area contributed by atoms with Crippen molar-refractivity contribution in [2.24, 2.45) is 0 Å². The largest absolute Gasteiger partial charge is 0.399 e. The Kier molecular flexibility index (Phi) is 2.96. The van der Waals surface area contributed by atoms with E-state index in [1.165, 1.54) is 0 Å². The highest BCUT2D eigenvalue weighted by Gasteiger charge is 1.96. The van der Waals surface area contributed by atoms with Gasteiger partial charge in [0.2, 0.25) is 0 Å². The molecule has 0 unspecified atom stereocenters. The Hall–Kier alpha value is -2.16. The summed E-state index contributed by atoms with van der Waals surface area (Å²) >= 11 is 0. The minimum Gasteiger partial charge on any atom is -0.399 e. The van der Waals surface area contributed by atoms with E-state index in [0.717, 1.165) is 22.7 Å². The minimum absolute atomic E-state index is 0.759. The van der Waals surface area contributed by atoms with Crippen molar-refractivity contribution in [1.29, 1.82) is 0 Å². The van der Waals surface area contributed by atoms with Crippen molar-refractivity contribution in [2.45, 2.75) is 0 Å². The van der Waals surface area contributed by atoms with Gasteiger partial charge in [-0.1, -0.05) is 12.1 Å². The second kappa shape index (κ2) is 4.57. The summed E-state index contributed by atoms with van der Waals surface area (Å²) in [5.41, 5.74) is 9.59. The lowest BCUT2D eigenvalue weighted by molar-refractivity contribution is 1.49. The van der Waals surface area contributed by atoms with Crippen molar-refractivity contribution in [3.63, 3.8) is 0 Å². The molecule has 0 amide bonds. The number of hydrogen-bond donors (Lipinski definition) is 3. The predicted molar refractivity (Wildman–Crippen MR) is 70.1 cm³/mol. The van der Waals surface area contributed by atoms with Gasteiger partial charge in [-0.05, 0) is 36.4 Å². The van der Waals surface area contributed by atoms with Crippen LogP contribution in [0.3, 0.4) is 0 Å². The summed E-state index contributed by atoms with van der Waals surface area (Å²) in [5, 5.41) is 6.40. The number of nitrogens with one attached hydrogen (secondary N) is 2. The van der Waals surface area contributed by atoms with E-state index in [4.69, 9.17) is 5.73 Å². The van der Waals surface area contributed by atoms with Gasteiger partial charge in [0, 0.05) is 29.8 Å². The number of anilines is 4. The zero-order valence-electron chi connectivity index (χ0n) is 9.20. The van der Waals surface area contributed by atoms with Crippen LogP contribution in [-0.2, 0) is 0 Å². The van der Waals surface area contributed by atoms with Gasteiger partial charge in [0.05, 0.1) is 0 Å². The molecule has 2 rings (SSSR count). The van der Waals surface area contributed by atoms with Gasteiger partial charge < -0.3 is 16.4 Å². The number of nitrogen functional groups attached to an aromatic ring is 1. The molecule has 82 valence electrons. The fourth-order valence-corrected chi connectivity index (χ4v) is 1.54. The summed E-state index contributed by atoms with van der Waals surface area (Å²) in [6.45, 7) is 0. The Morgan fingerprint density at radius 2 is 1.50 bits per heavy atom. The monoisotopic (exact) mass is 213 g/mol. The molecule has 0 atom stereocenters. The molecule has 3 nitrogen and oxygen atoms in total. The molecular weight excluding hydrogens is 198 g/mol. The third-order valence-corrected chi connectivity index (χ3v) is 2.33. The van der Waals surface area contributed by atoms with Crippen molar-refractivity contribution in [1.82, 2.24) is 0 Å². The first kappa shape index (κ1) is 10.4. The van der Waals surface area contributed by atoms with E-state index in [1.807, 2.05) is 55.6 Å². The SMILES string of the molecule is CNc1cccc(Nc2cccc(N)c2)c1. The molecule has 0 aromatic heterocycles. The maximum atomic E-state index is 5.72. The maximum Gasteiger partial charge on any atom is 0.0404 e. The van der Waals surface area contributed by atoms with Gasteiger partial charge >= 0.3 is 0 Å². The number of nitrogens with two attached hydrogens (primary N) is 1. The van der Waals surface area contributed by atoms with Crippen molar-refractivity contribution < 1.29 is 0 Å². The van der Waals surface area contributed by atoms with Gasteiger partial charge in [-0.15, -0.1) is 0 Å². The van der Waals surface area contributed by atoms with Crippen LogP contribution in [0, 0.1) is 0 Å². The van der Waals surface area contributed by atoms with E-state index in [9.17, 15) is 0 Å². The van der Waals surface area contributed by atoms with Gasteiger partial charge in [-0.2, -0.15) is 0 Å². The van der Waals surface area contributed by atoms with Crippen LogP contribution in [0.2, 0.25) is 0 Å². The van der Waals surface area contributed by atoms with Crippen LogP contribution in [0.1, 0.15) is 0 Å². The maximum absolute atomic E-state index is 5.72. The van der Waals surface area contributed by atoms with Crippen LogP contribution in [0.25, 0.3) is 0 Å². The molecule has 2 aromatic carbocycles. The molecule has 0 aliphatic carbocycles. The topological polar surface area (TPSA) is 50.1 Å². The van der Waals surface area contributed by atoms with Crippen LogP contribution in [-0.4, -0.2) is 7.05 Å². The van der Waals surface area contributed by atoms with Gasteiger partial charge in [0.15, 0.2) is 0 Å². The number of benzene rings is 2. The summed E-state index contributed by atoms with van der Waals surface area (Å²) in [4.78, 5) is 0. The van der Waals surface area contributed by atoms with Crippen molar-refractivity contribution in [3.8, 4) is 0 Å². The normalized spacial score (nSPS) is 9.81. The Morgan fingerprint density at radius 3 is 2.19 bits per heavy atom. The third kappa shape index (κ3) is 2.45. The van der Waals surface area contributed by atoms with E-state index in [1.54, 1.807) is 0 Å². The summed E-state index contributed by atoms with van der Waals surface area (Å²) in [7, 11) is 1.90. The van der Waals surface area contributed by atoms with Gasteiger partial charge in [-0.3, -0.25) is 0 Å². The predicted octanol–water partition coefficient (Wildman–Crippen LogP) is 3.05. The van der Waals surface area contributed by atoms with Crippen molar-refractivity contribution in [2.75, 3.05) is 23.4 Å². The van der Waals surface area contributed by atoms with Crippen LogP contribution in [0.5, 0.6) is 0 Å². The lowest BCUT2D eigenvalue weighted by Gasteiger charge is -2.08. The molecule has 0 saturated heterocycles. The molecule has 0 heterocycles. The number of rotatable bonds is 3. The zero-order valence-corrected chi connectivity index (χ0v) is 9.20. The summed E-state index contributed by atoms with van der Waals surface area (Å²) in [6, 6.07) is 15.8. The van der Waals surface area contributed by atoms with E-state index < -0.39 is 0 Å². The quantitative estimate of drug-likeness (QED) is 0.687. The van der Waals surface area contributed by atoms with Crippen LogP contribution in [0.15, 0.2) is 48.5 Å². The Labute approximate surface area is 95.3 Å². The highest BCUT2D eigenvalue weighted by atomic mass is 14.9. The van der Waals surface area contributed by atoms with Gasteiger partial charge in [-0.25, -0.2) is 0 Å². The molecule has 0 radical (unpaired) electrons. The molecule has 4 N–H and O–H groups in total. The minimum atomic E-state index is 0.759. The lowest BCUT2D eigenvalue weighted by Crippen LogP contribution is -1.93. The second-order valence-electron chi connectivity index (χ2n) is 3.58. The van der Waals surface area contributed by atoms with Crippen LogP contribution >= 0.6 is 0 Å². The van der Waals surface area contributed by atoms with Crippen LogP contribution < -0.4 is 16.4 Å². The molecule has 16 heavy (non-hydrogen) atoms. The first-order valence-corrected chi connectivity index (χ1v) is 5.18. The third-order valence-electron chi connectivity index (χ3n) is 2.33.